The van der Waals surface area contributed by atoms with E-state index in [1.165, 1.54) is 36.9 Å². The van der Waals surface area contributed by atoms with E-state index in [9.17, 15) is 4.79 Å². The van der Waals surface area contributed by atoms with Crippen molar-refractivity contribution in [3.63, 3.8) is 0 Å². The Balaban J connectivity index is 1.74. The number of rotatable bonds is 3. The van der Waals surface area contributed by atoms with Crippen LogP contribution in [0.2, 0.25) is 0 Å². The second-order valence-electron chi connectivity index (χ2n) is 6.30. The average Bonchev–Trinajstić information content (AvgIpc) is 2.91. The third-order valence-electron chi connectivity index (χ3n) is 4.92. The van der Waals surface area contributed by atoms with Crippen LogP contribution in [0.5, 0.6) is 0 Å². The summed E-state index contributed by atoms with van der Waals surface area (Å²) in [5, 5.41) is 3.67. The highest BCUT2D eigenvalue weighted by Gasteiger charge is 2.25. The van der Waals surface area contributed by atoms with E-state index in [2.05, 4.69) is 23.5 Å². The molecule has 2 atom stereocenters. The van der Waals surface area contributed by atoms with E-state index in [1.807, 2.05) is 4.90 Å². The molecule has 1 saturated carbocycles. The SMILES string of the molecule is CC(=O)N1CCc2cc(NC3CCCCC3CN)ccc21. The first kappa shape index (κ1) is 14.4. The number of nitrogens with one attached hydrogen (secondary N) is 1. The predicted molar refractivity (Wildman–Crippen MR) is 86.6 cm³/mol. The molecule has 0 radical (unpaired) electrons. The van der Waals surface area contributed by atoms with Crippen LogP contribution < -0.4 is 16.0 Å². The van der Waals surface area contributed by atoms with Crippen molar-refractivity contribution in [3.05, 3.63) is 23.8 Å². The first-order valence-electron chi connectivity index (χ1n) is 8.06. The van der Waals surface area contributed by atoms with Gasteiger partial charge in [0, 0.05) is 30.9 Å². The van der Waals surface area contributed by atoms with Crippen molar-refractivity contribution in [1.82, 2.24) is 0 Å². The van der Waals surface area contributed by atoms with Crippen LogP contribution in [0.4, 0.5) is 11.4 Å². The van der Waals surface area contributed by atoms with E-state index < -0.39 is 0 Å². The molecule has 0 saturated heterocycles. The number of nitrogens with two attached hydrogens (primary N) is 1. The molecule has 1 aromatic carbocycles. The molecule has 1 aliphatic heterocycles. The summed E-state index contributed by atoms with van der Waals surface area (Å²) < 4.78 is 0. The predicted octanol–water partition coefficient (Wildman–Crippen LogP) is 2.53. The number of anilines is 2. The molecule has 1 amide bonds. The lowest BCUT2D eigenvalue weighted by atomic mass is 9.84. The molecule has 21 heavy (non-hydrogen) atoms. The number of hydrogen-bond donors (Lipinski definition) is 2. The molecule has 1 fully saturated rings. The minimum absolute atomic E-state index is 0.130. The summed E-state index contributed by atoms with van der Waals surface area (Å²) in [6.07, 6.45) is 5.99. The zero-order valence-electron chi connectivity index (χ0n) is 12.8. The Bertz CT molecular complexity index is 529. The van der Waals surface area contributed by atoms with Gasteiger partial charge in [-0.25, -0.2) is 0 Å². The maximum absolute atomic E-state index is 11.6. The van der Waals surface area contributed by atoms with Crippen molar-refractivity contribution in [3.8, 4) is 0 Å². The van der Waals surface area contributed by atoms with Gasteiger partial charge in [0.25, 0.3) is 0 Å². The lowest BCUT2D eigenvalue weighted by molar-refractivity contribution is -0.116. The van der Waals surface area contributed by atoms with Crippen molar-refractivity contribution >= 4 is 17.3 Å². The van der Waals surface area contributed by atoms with E-state index in [-0.39, 0.29) is 5.91 Å². The van der Waals surface area contributed by atoms with Crippen molar-refractivity contribution in [2.24, 2.45) is 11.7 Å². The van der Waals surface area contributed by atoms with E-state index >= 15 is 0 Å². The van der Waals surface area contributed by atoms with E-state index in [0.29, 0.717) is 12.0 Å². The fourth-order valence-electron chi connectivity index (χ4n) is 3.71. The minimum atomic E-state index is 0.130. The number of nitrogens with zero attached hydrogens (tertiary/aromatic N) is 1. The second kappa shape index (κ2) is 6.06. The summed E-state index contributed by atoms with van der Waals surface area (Å²) in [7, 11) is 0. The summed E-state index contributed by atoms with van der Waals surface area (Å²) in [5.74, 6) is 0.714. The number of carbonyl (C=O) groups is 1. The van der Waals surface area contributed by atoms with Crippen molar-refractivity contribution < 1.29 is 4.79 Å². The first-order chi connectivity index (χ1) is 10.2. The van der Waals surface area contributed by atoms with Crippen molar-refractivity contribution in [2.75, 3.05) is 23.3 Å². The van der Waals surface area contributed by atoms with Gasteiger partial charge in [-0.1, -0.05) is 12.8 Å². The Hall–Kier alpha value is -1.55. The van der Waals surface area contributed by atoms with E-state index in [0.717, 1.165) is 25.2 Å². The molecular formula is C17H25N3O. The van der Waals surface area contributed by atoms with Crippen LogP contribution in [-0.2, 0) is 11.2 Å². The fourth-order valence-corrected chi connectivity index (χ4v) is 3.71. The summed E-state index contributed by atoms with van der Waals surface area (Å²) in [4.78, 5) is 13.5. The quantitative estimate of drug-likeness (QED) is 0.898. The van der Waals surface area contributed by atoms with E-state index in [4.69, 9.17) is 5.73 Å². The maximum atomic E-state index is 11.6. The Kier molecular flexibility index (Phi) is 4.15. The Morgan fingerprint density at radius 3 is 2.95 bits per heavy atom. The number of carbonyl (C=O) groups excluding carboxylic acids is 1. The largest absolute Gasteiger partial charge is 0.382 e. The van der Waals surface area contributed by atoms with Gasteiger partial charge in [-0.05, 0) is 55.5 Å². The molecular weight excluding hydrogens is 262 g/mol. The minimum Gasteiger partial charge on any atom is -0.382 e. The fraction of sp³-hybridized carbons (Fsp3) is 0.588. The molecule has 4 nitrogen and oxygen atoms in total. The molecule has 1 aromatic rings. The van der Waals surface area contributed by atoms with Crippen LogP contribution in [0.3, 0.4) is 0 Å². The normalized spacial score (nSPS) is 24.8. The third kappa shape index (κ3) is 2.91. The summed E-state index contributed by atoms with van der Waals surface area (Å²) >= 11 is 0. The van der Waals surface area contributed by atoms with Gasteiger partial charge < -0.3 is 16.0 Å². The van der Waals surface area contributed by atoms with Gasteiger partial charge in [0.1, 0.15) is 0 Å². The lowest BCUT2D eigenvalue weighted by Gasteiger charge is -2.32. The van der Waals surface area contributed by atoms with Crippen LogP contribution in [0, 0.1) is 5.92 Å². The molecule has 1 aliphatic carbocycles. The standard InChI is InChI=1S/C17H25N3O/c1-12(21)20-9-8-13-10-15(6-7-17(13)20)19-16-5-3-2-4-14(16)11-18/h6-7,10,14,16,19H,2-5,8-9,11,18H2,1H3. The first-order valence-corrected chi connectivity index (χ1v) is 8.06. The van der Waals surface area contributed by atoms with E-state index in [1.54, 1.807) is 6.92 Å². The van der Waals surface area contributed by atoms with Gasteiger partial charge in [0.15, 0.2) is 0 Å². The summed E-state index contributed by atoms with van der Waals surface area (Å²) in [5.41, 5.74) is 9.43. The molecule has 114 valence electrons. The molecule has 2 unspecified atom stereocenters. The van der Waals surface area contributed by atoms with Crippen molar-refractivity contribution in [1.29, 1.82) is 0 Å². The van der Waals surface area contributed by atoms with Gasteiger partial charge in [-0.2, -0.15) is 0 Å². The molecule has 1 heterocycles. The molecule has 0 aromatic heterocycles. The van der Waals surface area contributed by atoms with Crippen LogP contribution in [0.25, 0.3) is 0 Å². The van der Waals surface area contributed by atoms with Crippen LogP contribution in [0.15, 0.2) is 18.2 Å². The van der Waals surface area contributed by atoms with Crippen molar-refractivity contribution in [2.45, 2.75) is 45.1 Å². The highest BCUT2D eigenvalue weighted by molar-refractivity contribution is 5.94. The van der Waals surface area contributed by atoms with Crippen LogP contribution in [-0.4, -0.2) is 25.0 Å². The molecule has 0 bridgehead atoms. The Morgan fingerprint density at radius 2 is 2.19 bits per heavy atom. The van der Waals surface area contributed by atoms with Gasteiger partial charge in [-0.3, -0.25) is 4.79 Å². The molecule has 4 heteroatoms. The summed E-state index contributed by atoms with van der Waals surface area (Å²) in [6, 6.07) is 6.88. The second-order valence-corrected chi connectivity index (χ2v) is 6.30. The zero-order valence-corrected chi connectivity index (χ0v) is 12.8. The Morgan fingerprint density at radius 1 is 1.38 bits per heavy atom. The number of hydrogen-bond acceptors (Lipinski definition) is 3. The highest BCUT2D eigenvalue weighted by atomic mass is 16.2. The monoisotopic (exact) mass is 287 g/mol. The van der Waals surface area contributed by atoms with Crippen LogP contribution in [0.1, 0.15) is 38.2 Å². The summed E-state index contributed by atoms with van der Waals surface area (Å²) in [6.45, 7) is 3.21. The Labute approximate surface area is 126 Å². The smallest absolute Gasteiger partial charge is 0.223 e. The zero-order chi connectivity index (χ0) is 14.8. The molecule has 2 aliphatic rings. The number of benzene rings is 1. The molecule has 3 N–H and O–H groups in total. The highest BCUT2D eigenvalue weighted by Crippen LogP contribution is 2.32. The topological polar surface area (TPSA) is 58.4 Å². The van der Waals surface area contributed by atoms with Gasteiger partial charge in [0.2, 0.25) is 5.91 Å². The molecule has 3 rings (SSSR count). The average molecular weight is 287 g/mol. The van der Waals surface area contributed by atoms with Gasteiger partial charge in [0.05, 0.1) is 0 Å². The maximum Gasteiger partial charge on any atom is 0.223 e. The third-order valence-corrected chi connectivity index (χ3v) is 4.92. The lowest BCUT2D eigenvalue weighted by Crippen LogP contribution is -2.36. The van der Waals surface area contributed by atoms with Gasteiger partial charge in [-0.15, -0.1) is 0 Å². The van der Waals surface area contributed by atoms with Crippen LogP contribution >= 0.6 is 0 Å². The number of amides is 1. The molecule has 0 spiro atoms. The number of fused-ring (bicyclic) bond motifs is 1. The van der Waals surface area contributed by atoms with Gasteiger partial charge >= 0.3 is 0 Å².